The molecular formula is H2BF2LiO5S. The van der Waals surface area contributed by atoms with Crippen molar-refractivity contribution in [1.29, 1.82) is 0 Å². The van der Waals surface area contributed by atoms with Gasteiger partial charge in [-0.05, 0) is 0 Å². The maximum absolute atomic E-state index is 10.8. The van der Waals surface area contributed by atoms with Crippen molar-refractivity contribution in [2.75, 3.05) is 0 Å². The first kappa shape index (κ1) is 13.1. The summed E-state index contributed by atoms with van der Waals surface area (Å²) in [5.41, 5.74) is 0. The van der Waals surface area contributed by atoms with E-state index in [1.165, 1.54) is 0 Å². The average molecular weight is 170 g/mol. The van der Waals surface area contributed by atoms with Gasteiger partial charge in [0.05, 0.1) is 0 Å². The van der Waals surface area contributed by atoms with Crippen LogP contribution < -0.4 is 0 Å². The van der Waals surface area contributed by atoms with E-state index in [9.17, 15) is 13.3 Å². The molecule has 5 nitrogen and oxygen atoms in total. The van der Waals surface area contributed by atoms with E-state index in [1.54, 1.807) is 0 Å². The van der Waals surface area contributed by atoms with E-state index in [4.69, 9.17) is 4.55 Å². The standard InChI is InChI=1S/BF2HO5S.Li.H/c2-6-1(7-3)8-9(4)5;;/h(H,4,5);;. The Bertz CT molecular complexity index is 97.6. The van der Waals surface area contributed by atoms with Crippen molar-refractivity contribution in [1.82, 2.24) is 0 Å². The molecule has 56 valence electrons. The molecule has 1 atom stereocenters. The summed E-state index contributed by atoms with van der Waals surface area (Å²) < 4.78 is 42.2. The second-order valence-corrected chi connectivity index (χ2v) is 1.41. The van der Waals surface area contributed by atoms with Gasteiger partial charge in [0.25, 0.3) is 11.4 Å². The van der Waals surface area contributed by atoms with E-state index < -0.39 is 18.7 Å². The Morgan fingerprint density at radius 1 is 1.40 bits per heavy atom. The molecule has 0 radical (unpaired) electrons. The summed E-state index contributed by atoms with van der Waals surface area (Å²) in [5.74, 6) is 0. The van der Waals surface area contributed by atoms with Crippen LogP contribution in [0.25, 0.3) is 0 Å². The summed E-state index contributed by atoms with van der Waals surface area (Å²) in [4.78, 5) is 5.08. The van der Waals surface area contributed by atoms with Crippen LogP contribution in [-0.2, 0) is 25.2 Å². The minimum atomic E-state index is -2.83. The topological polar surface area (TPSA) is 65.0 Å². The molecule has 0 aliphatic rings. The predicted molar refractivity (Wildman–Crippen MR) is 29.1 cm³/mol. The Labute approximate surface area is 69.7 Å². The molecule has 1 unspecified atom stereocenters. The Morgan fingerprint density at radius 3 is 1.90 bits per heavy atom. The Balaban J connectivity index is 0. The molecular weight excluding hydrogens is 168 g/mol. The van der Waals surface area contributed by atoms with Crippen LogP contribution >= 0.6 is 0 Å². The Morgan fingerprint density at radius 2 is 1.80 bits per heavy atom. The zero-order valence-corrected chi connectivity index (χ0v) is 4.64. The monoisotopic (exact) mass is 170 g/mol. The third-order valence-electron chi connectivity index (χ3n) is 0.306. The van der Waals surface area contributed by atoms with Gasteiger partial charge in [-0.15, -0.1) is 0 Å². The molecule has 0 saturated heterocycles. The van der Waals surface area contributed by atoms with Gasteiger partial charge in [-0.25, -0.2) is 0 Å². The summed E-state index contributed by atoms with van der Waals surface area (Å²) in [7, 11) is -2.41. The van der Waals surface area contributed by atoms with Crippen molar-refractivity contribution in [3.63, 3.8) is 0 Å². The van der Waals surface area contributed by atoms with Crippen molar-refractivity contribution < 1.29 is 31.6 Å². The van der Waals surface area contributed by atoms with Crippen molar-refractivity contribution in [2.24, 2.45) is 0 Å². The van der Waals surface area contributed by atoms with Crippen molar-refractivity contribution >= 4 is 37.5 Å². The van der Waals surface area contributed by atoms with Crippen LogP contribution in [0.15, 0.2) is 0 Å². The fraction of sp³-hybridized carbons (Fsp3) is 0. The summed E-state index contributed by atoms with van der Waals surface area (Å²) in [6.45, 7) is 0. The van der Waals surface area contributed by atoms with Crippen molar-refractivity contribution in [2.45, 2.75) is 0 Å². The Hall–Kier alpha value is 0.512. The van der Waals surface area contributed by atoms with Crippen molar-refractivity contribution in [3.8, 4) is 0 Å². The van der Waals surface area contributed by atoms with Crippen molar-refractivity contribution in [3.05, 3.63) is 0 Å². The van der Waals surface area contributed by atoms with E-state index in [2.05, 4.69) is 13.8 Å². The summed E-state index contributed by atoms with van der Waals surface area (Å²) in [6.07, 6.45) is 0. The van der Waals surface area contributed by atoms with Crippen LogP contribution in [0.4, 0.5) is 9.05 Å². The number of hydrogen-bond donors (Lipinski definition) is 1. The van der Waals surface area contributed by atoms with E-state index in [0.29, 0.717) is 0 Å². The molecule has 0 saturated carbocycles. The normalized spacial score (nSPS) is 11.9. The molecule has 0 aromatic heterocycles. The molecule has 10 heteroatoms. The fourth-order valence-electron chi connectivity index (χ4n) is 0.111. The van der Waals surface area contributed by atoms with Gasteiger partial charge >= 0.3 is 26.2 Å². The van der Waals surface area contributed by atoms with E-state index in [1.807, 2.05) is 0 Å². The maximum atomic E-state index is 10.8. The SMILES string of the molecule is O=S(O)OB(OF)OF.[LiH]. The van der Waals surface area contributed by atoms with Gasteiger partial charge in [-0.2, -0.15) is 13.9 Å². The average Bonchev–Trinajstić information content (AvgIpc) is 1.82. The van der Waals surface area contributed by atoms with Gasteiger partial charge < -0.3 is 0 Å². The molecule has 0 aliphatic carbocycles. The quantitative estimate of drug-likeness (QED) is 0.445. The zero-order chi connectivity index (χ0) is 7.28. The molecule has 0 amide bonds. The van der Waals surface area contributed by atoms with Crippen LogP contribution in [0, 0.1) is 0 Å². The van der Waals surface area contributed by atoms with Gasteiger partial charge in [0.1, 0.15) is 0 Å². The number of rotatable bonds is 4. The Kier molecular flexibility index (Phi) is 10.00. The molecule has 10 heavy (non-hydrogen) atoms. The second-order valence-electron chi connectivity index (χ2n) is 0.780. The molecule has 0 bridgehead atoms. The van der Waals surface area contributed by atoms with Gasteiger partial charge in [0, 0.05) is 0 Å². The number of hydrogen-bond acceptors (Lipinski definition) is 4. The molecule has 0 aliphatic heterocycles. The second kappa shape index (κ2) is 7.62. The first-order valence-corrected chi connectivity index (χ1v) is 2.56. The zero-order valence-electron chi connectivity index (χ0n) is 3.82. The van der Waals surface area contributed by atoms with Gasteiger partial charge in [-0.1, -0.05) is 9.05 Å². The van der Waals surface area contributed by atoms with Gasteiger partial charge in [0.15, 0.2) is 0 Å². The minimum absolute atomic E-state index is 0. The molecule has 0 aromatic rings. The third-order valence-corrected chi connectivity index (χ3v) is 0.628. The van der Waals surface area contributed by atoms with Gasteiger partial charge in [-0.3, -0.25) is 8.65 Å². The predicted octanol–water partition coefficient (Wildman–Crippen LogP) is -0.722. The molecule has 0 spiro atoms. The molecule has 0 heterocycles. The first-order valence-electron chi connectivity index (χ1n) is 1.53. The first-order chi connectivity index (χ1) is 4.20. The van der Waals surface area contributed by atoms with Gasteiger partial charge in [0.2, 0.25) is 0 Å². The van der Waals surface area contributed by atoms with Crippen LogP contribution in [0.2, 0.25) is 0 Å². The number of halogens is 2. The van der Waals surface area contributed by atoms with Crippen LogP contribution in [0.3, 0.4) is 0 Å². The van der Waals surface area contributed by atoms with Crippen LogP contribution in [-0.4, -0.2) is 34.9 Å². The summed E-state index contributed by atoms with van der Waals surface area (Å²) >= 11 is -2.83. The van der Waals surface area contributed by atoms with E-state index in [-0.39, 0.29) is 18.9 Å². The molecule has 0 fully saturated rings. The van der Waals surface area contributed by atoms with E-state index >= 15 is 0 Å². The molecule has 0 aromatic carbocycles. The summed E-state index contributed by atoms with van der Waals surface area (Å²) in [5, 5.41) is 0. The summed E-state index contributed by atoms with van der Waals surface area (Å²) in [6, 6.07) is 0. The third kappa shape index (κ3) is 6.63. The van der Waals surface area contributed by atoms with Crippen LogP contribution in [0.1, 0.15) is 0 Å². The van der Waals surface area contributed by atoms with Crippen LogP contribution in [0.5, 0.6) is 0 Å². The fourth-order valence-corrected chi connectivity index (χ4v) is 0.304. The molecule has 1 N–H and O–H groups in total. The van der Waals surface area contributed by atoms with E-state index in [0.717, 1.165) is 0 Å². The molecule has 0 rings (SSSR count).